The van der Waals surface area contributed by atoms with Gasteiger partial charge in [-0.15, -0.1) is 0 Å². The van der Waals surface area contributed by atoms with E-state index in [1.54, 1.807) is 4.90 Å². The van der Waals surface area contributed by atoms with E-state index < -0.39 is 5.54 Å². The van der Waals surface area contributed by atoms with E-state index >= 15 is 0 Å². The molecule has 1 aliphatic heterocycles. The van der Waals surface area contributed by atoms with E-state index in [0.717, 1.165) is 21.3 Å². The van der Waals surface area contributed by atoms with Crippen LogP contribution in [0.5, 0.6) is 0 Å². The number of hydrogen-bond donors (Lipinski definition) is 1. The summed E-state index contributed by atoms with van der Waals surface area (Å²) in [7, 11) is 0. The van der Waals surface area contributed by atoms with Crippen molar-refractivity contribution < 1.29 is 9.59 Å². The number of nitrogens with zero attached hydrogens (tertiary/aromatic N) is 1. The molecular weight excluding hydrogens is 332 g/mol. The Morgan fingerprint density at radius 1 is 1.24 bits per heavy atom. The van der Waals surface area contributed by atoms with Crippen LogP contribution in [-0.2, 0) is 9.59 Å². The van der Waals surface area contributed by atoms with Crippen molar-refractivity contribution in [2.24, 2.45) is 0 Å². The Bertz CT molecular complexity index is 571. The standard InChI is InChI=1S/C16H21BrN2O2/c1-5-16(6-2)15(21)19(9-13(20)18-16)14-11(4)7-10(3)8-12(14)17/h7-8H,5-6,9H2,1-4H3,(H,18,20). The van der Waals surface area contributed by atoms with Gasteiger partial charge in [0.05, 0.1) is 5.69 Å². The molecule has 1 fully saturated rings. The molecule has 1 aromatic carbocycles. The normalized spacial score (nSPS) is 17.9. The number of amides is 2. The smallest absolute Gasteiger partial charge is 0.253 e. The van der Waals surface area contributed by atoms with Crippen molar-refractivity contribution in [2.75, 3.05) is 11.4 Å². The fourth-order valence-corrected chi connectivity index (χ4v) is 3.88. The van der Waals surface area contributed by atoms with Crippen molar-refractivity contribution in [3.05, 3.63) is 27.7 Å². The van der Waals surface area contributed by atoms with Crippen LogP contribution in [0.1, 0.15) is 37.8 Å². The lowest BCUT2D eigenvalue weighted by molar-refractivity contribution is -0.136. The molecule has 0 bridgehead atoms. The molecule has 1 saturated heterocycles. The maximum atomic E-state index is 12.9. The Labute approximate surface area is 134 Å². The summed E-state index contributed by atoms with van der Waals surface area (Å²) in [5.74, 6) is -0.134. The second-order valence-electron chi connectivity index (χ2n) is 5.64. The zero-order chi connectivity index (χ0) is 15.8. The molecule has 0 atom stereocenters. The molecule has 1 aliphatic rings. The quantitative estimate of drug-likeness (QED) is 0.908. The predicted octanol–water partition coefficient (Wildman–Crippen LogP) is 3.09. The Morgan fingerprint density at radius 2 is 1.86 bits per heavy atom. The third-order valence-electron chi connectivity index (χ3n) is 4.21. The van der Waals surface area contributed by atoms with Gasteiger partial charge in [-0.1, -0.05) is 19.9 Å². The number of carbonyl (C=O) groups excluding carboxylic acids is 2. The lowest BCUT2D eigenvalue weighted by atomic mass is 9.88. The number of carbonyl (C=O) groups is 2. The second kappa shape index (κ2) is 5.79. The molecule has 0 radical (unpaired) electrons. The van der Waals surface area contributed by atoms with E-state index in [1.165, 1.54) is 0 Å². The van der Waals surface area contributed by atoms with Gasteiger partial charge in [0.15, 0.2) is 0 Å². The van der Waals surface area contributed by atoms with Gasteiger partial charge in [-0.05, 0) is 59.8 Å². The summed E-state index contributed by atoms with van der Waals surface area (Å²) in [5, 5.41) is 2.88. The minimum absolute atomic E-state index is 0.0280. The third-order valence-corrected chi connectivity index (χ3v) is 4.81. The highest BCUT2D eigenvalue weighted by Gasteiger charge is 2.45. The minimum Gasteiger partial charge on any atom is -0.340 e. The van der Waals surface area contributed by atoms with Gasteiger partial charge in [0.25, 0.3) is 5.91 Å². The first-order valence-electron chi connectivity index (χ1n) is 7.24. The highest BCUT2D eigenvalue weighted by molar-refractivity contribution is 9.10. The van der Waals surface area contributed by atoms with Crippen LogP contribution in [0.25, 0.3) is 0 Å². The van der Waals surface area contributed by atoms with Crippen molar-refractivity contribution in [2.45, 2.75) is 46.1 Å². The lowest BCUT2D eigenvalue weighted by Gasteiger charge is -2.41. The third kappa shape index (κ3) is 2.71. The SMILES string of the molecule is CCC1(CC)NC(=O)CN(c2c(C)cc(C)cc2Br)C1=O. The Morgan fingerprint density at radius 3 is 2.38 bits per heavy atom. The summed E-state index contributed by atoms with van der Waals surface area (Å²) in [6.45, 7) is 7.91. The van der Waals surface area contributed by atoms with Gasteiger partial charge in [0, 0.05) is 4.47 Å². The van der Waals surface area contributed by atoms with Crippen molar-refractivity contribution in [1.82, 2.24) is 5.32 Å². The molecule has 0 unspecified atom stereocenters. The maximum Gasteiger partial charge on any atom is 0.253 e. The summed E-state index contributed by atoms with van der Waals surface area (Å²) >= 11 is 3.54. The highest BCUT2D eigenvalue weighted by atomic mass is 79.9. The van der Waals surface area contributed by atoms with Crippen molar-refractivity contribution in [1.29, 1.82) is 0 Å². The molecule has 4 nitrogen and oxygen atoms in total. The summed E-state index contributed by atoms with van der Waals surface area (Å²) in [6.07, 6.45) is 1.18. The first-order chi connectivity index (χ1) is 9.84. The second-order valence-corrected chi connectivity index (χ2v) is 6.50. The number of aryl methyl sites for hydroxylation is 2. The molecule has 2 amide bonds. The van der Waals surface area contributed by atoms with Gasteiger partial charge in [0.1, 0.15) is 12.1 Å². The number of anilines is 1. The van der Waals surface area contributed by atoms with Gasteiger partial charge in [0.2, 0.25) is 5.91 Å². The Hall–Kier alpha value is -1.36. The van der Waals surface area contributed by atoms with Crippen LogP contribution in [0, 0.1) is 13.8 Å². The summed E-state index contributed by atoms with van der Waals surface area (Å²) in [4.78, 5) is 26.6. The van der Waals surface area contributed by atoms with E-state index in [9.17, 15) is 9.59 Å². The topological polar surface area (TPSA) is 49.4 Å². The number of piperazine rings is 1. The van der Waals surface area contributed by atoms with Crippen LogP contribution in [0.2, 0.25) is 0 Å². The fourth-order valence-electron chi connectivity index (χ4n) is 2.99. The largest absolute Gasteiger partial charge is 0.340 e. The summed E-state index contributed by atoms with van der Waals surface area (Å²) < 4.78 is 0.851. The average molecular weight is 353 g/mol. The maximum absolute atomic E-state index is 12.9. The molecular formula is C16H21BrN2O2. The molecule has 114 valence electrons. The molecule has 5 heteroatoms. The zero-order valence-electron chi connectivity index (χ0n) is 12.9. The minimum atomic E-state index is -0.786. The van der Waals surface area contributed by atoms with Crippen LogP contribution in [0.4, 0.5) is 5.69 Å². The molecule has 1 N–H and O–H groups in total. The van der Waals surface area contributed by atoms with Gasteiger partial charge in [-0.25, -0.2) is 0 Å². The van der Waals surface area contributed by atoms with Crippen LogP contribution in [0.15, 0.2) is 16.6 Å². The van der Waals surface area contributed by atoms with E-state index in [4.69, 9.17) is 0 Å². The van der Waals surface area contributed by atoms with Crippen LogP contribution in [0.3, 0.4) is 0 Å². The Balaban J connectivity index is 2.53. The van der Waals surface area contributed by atoms with Gasteiger partial charge >= 0.3 is 0 Å². The summed E-state index contributed by atoms with van der Waals surface area (Å²) in [6, 6.07) is 4.00. The summed E-state index contributed by atoms with van der Waals surface area (Å²) in [5.41, 5.74) is 2.12. The molecule has 0 aliphatic carbocycles. The van der Waals surface area contributed by atoms with E-state index in [-0.39, 0.29) is 18.4 Å². The lowest BCUT2D eigenvalue weighted by Crippen LogP contribution is -2.66. The van der Waals surface area contributed by atoms with Gasteiger partial charge < -0.3 is 5.32 Å². The zero-order valence-corrected chi connectivity index (χ0v) is 14.5. The number of rotatable bonds is 3. The molecule has 2 rings (SSSR count). The molecule has 1 heterocycles. The van der Waals surface area contributed by atoms with Gasteiger partial charge in [-0.3, -0.25) is 14.5 Å². The van der Waals surface area contributed by atoms with Crippen LogP contribution < -0.4 is 10.2 Å². The van der Waals surface area contributed by atoms with Crippen molar-refractivity contribution in [3.8, 4) is 0 Å². The molecule has 0 spiro atoms. The number of hydrogen-bond acceptors (Lipinski definition) is 2. The van der Waals surface area contributed by atoms with Crippen LogP contribution in [-0.4, -0.2) is 23.9 Å². The first-order valence-corrected chi connectivity index (χ1v) is 8.03. The monoisotopic (exact) mass is 352 g/mol. The molecule has 21 heavy (non-hydrogen) atoms. The number of nitrogens with one attached hydrogen (secondary N) is 1. The number of halogens is 1. The molecule has 0 saturated carbocycles. The van der Waals surface area contributed by atoms with Gasteiger partial charge in [-0.2, -0.15) is 0 Å². The fraction of sp³-hybridized carbons (Fsp3) is 0.500. The average Bonchev–Trinajstić information content (AvgIpc) is 2.41. The van der Waals surface area contributed by atoms with Crippen molar-refractivity contribution in [3.63, 3.8) is 0 Å². The predicted molar refractivity (Wildman–Crippen MR) is 87.4 cm³/mol. The van der Waals surface area contributed by atoms with E-state index in [0.29, 0.717) is 12.8 Å². The Kier molecular flexibility index (Phi) is 4.42. The highest BCUT2D eigenvalue weighted by Crippen LogP contribution is 2.35. The molecule has 1 aromatic rings. The van der Waals surface area contributed by atoms with E-state index in [1.807, 2.05) is 39.8 Å². The molecule has 0 aromatic heterocycles. The number of benzene rings is 1. The first kappa shape index (κ1) is 16.0. The van der Waals surface area contributed by atoms with Crippen LogP contribution >= 0.6 is 15.9 Å². The van der Waals surface area contributed by atoms with Crippen molar-refractivity contribution >= 4 is 33.4 Å². The van der Waals surface area contributed by atoms with E-state index in [2.05, 4.69) is 21.2 Å².